The molecule has 3 rings (SSSR count). The molecule has 1 unspecified atom stereocenters. The van der Waals surface area contributed by atoms with Crippen LogP contribution in [0.2, 0.25) is 0 Å². The van der Waals surface area contributed by atoms with E-state index in [0.29, 0.717) is 17.1 Å². The van der Waals surface area contributed by atoms with Crippen molar-refractivity contribution in [3.05, 3.63) is 27.4 Å². The van der Waals surface area contributed by atoms with E-state index in [1.807, 2.05) is 0 Å². The van der Waals surface area contributed by atoms with Crippen LogP contribution in [0.4, 0.5) is 0 Å². The fourth-order valence-corrected chi connectivity index (χ4v) is 4.08. The molecule has 0 radical (unpaired) electrons. The summed E-state index contributed by atoms with van der Waals surface area (Å²) in [4.78, 5) is 19.0. The van der Waals surface area contributed by atoms with Gasteiger partial charge in [0.2, 0.25) is 0 Å². The summed E-state index contributed by atoms with van der Waals surface area (Å²) in [6.45, 7) is 1.77. The van der Waals surface area contributed by atoms with Crippen LogP contribution in [0.25, 0.3) is 0 Å². The summed E-state index contributed by atoms with van der Waals surface area (Å²) in [5.41, 5.74) is 0.475. The van der Waals surface area contributed by atoms with E-state index in [1.54, 1.807) is 0 Å². The molecule has 0 amide bonds. The molecule has 6 nitrogen and oxygen atoms in total. The summed E-state index contributed by atoms with van der Waals surface area (Å²) >= 11 is 0. The molecule has 1 saturated heterocycles. The molecule has 1 aromatic heterocycles. The van der Waals surface area contributed by atoms with Crippen molar-refractivity contribution in [3.8, 4) is 0 Å². The Morgan fingerprint density at radius 1 is 1.28 bits per heavy atom. The van der Waals surface area contributed by atoms with E-state index in [0.717, 1.165) is 25.9 Å². The zero-order valence-corrected chi connectivity index (χ0v) is 10.7. The van der Waals surface area contributed by atoms with Crippen molar-refractivity contribution >= 4 is 9.84 Å². The average Bonchev–Trinajstić information content (AvgIpc) is 2.65. The number of aromatic nitrogens is 2. The first-order valence-electron chi connectivity index (χ1n) is 6.08. The SMILES string of the molecule is O=c1[nH]c(C2CCCNC2)nc2c1CS(=O)(=O)C2. The van der Waals surface area contributed by atoms with E-state index in [9.17, 15) is 13.2 Å². The fourth-order valence-electron chi connectivity index (χ4n) is 2.59. The Morgan fingerprint density at radius 2 is 2.11 bits per heavy atom. The van der Waals surface area contributed by atoms with E-state index < -0.39 is 9.84 Å². The van der Waals surface area contributed by atoms with Gasteiger partial charge in [0, 0.05) is 12.5 Å². The normalized spacial score (nSPS) is 25.9. The molecule has 0 aromatic carbocycles. The Balaban J connectivity index is 2.00. The summed E-state index contributed by atoms with van der Waals surface area (Å²) < 4.78 is 23.0. The summed E-state index contributed by atoms with van der Waals surface area (Å²) in [6, 6.07) is 0. The number of hydrogen-bond acceptors (Lipinski definition) is 5. The molecule has 0 saturated carbocycles. The van der Waals surface area contributed by atoms with Crippen LogP contribution in [0.15, 0.2) is 4.79 Å². The van der Waals surface area contributed by atoms with Crippen molar-refractivity contribution in [2.75, 3.05) is 13.1 Å². The maximum absolute atomic E-state index is 11.9. The van der Waals surface area contributed by atoms with Gasteiger partial charge in [-0.1, -0.05) is 0 Å². The Hall–Kier alpha value is -1.21. The molecule has 7 heteroatoms. The summed E-state index contributed by atoms with van der Waals surface area (Å²) in [6.07, 6.45) is 2.02. The molecule has 3 heterocycles. The highest BCUT2D eigenvalue weighted by atomic mass is 32.2. The van der Waals surface area contributed by atoms with E-state index in [4.69, 9.17) is 0 Å². The highest BCUT2D eigenvalue weighted by molar-refractivity contribution is 7.90. The number of sulfone groups is 1. The Labute approximate surface area is 105 Å². The van der Waals surface area contributed by atoms with Gasteiger partial charge in [0.1, 0.15) is 5.82 Å². The lowest BCUT2D eigenvalue weighted by molar-refractivity contribution is 0.445. The number of fused-ring (bicyclic) bond motifs is 1. The molecular weight excluding hydrogens is 254 g/mol. The number of nitrogens with zero attached hydrogens (tertiary/aromatic N) is 1. The van der Waals surface area contributed by atoms with Gasteiger partial charge in [-0.3, -0.25) is 4.79 Å². The number of nitrogens with one attached hydrogen (secondary N) is 2. The minimum atomic E-state index is -3.17. The molecule has 98 valence electrons. The van der Waals surface area contributed by atoms with Crippen molar-refractivity contribution in [2.45, 2.75) is 30.3 Å². The molecule has 1 atom stereocenters. The van der Waals surface area contributed by atoms with Crippen molar-refractivity contribution in [1.29, 1.82) is 0 Å². The lowest BCUT2D eigenvalue weighted by Crippen LogP contribution is -2.31. The molecule has 0 aliphatic carbocycles. The molecule has 0 bridgehead atoms. The fraction of sp³-hybridized carbons (Fsp3) is 0.636. The average molecular weight is 269 g/mol. The largest absolute Gasteiger partial charge is 0.316 e. The van der Waals surface area contributed by atoms with Crippen LogP contribution < -0.4 is 10.9 Å². The van der Waals surface area contributed by atoms with Crippen LogP contribution in [-0.4, -0.2) is 31.5 Å². The van der Waals surface area contributed by atoms with Crippen LogP contribution in [0.5, 0.6) is 0 Å². The minimum Gasteiger partial charge on any atom is -0.316 e. The van der Waals surface area contributed by atoms with Crippen LogP contribution >= 0.6 is 0 Å². The molecule has 0 spiro atoms. The predicted octanol–water partition coefficient (Wildman–Crippen LogP) is -0.335. The van der Waals surface area contributed by atoms with Gasteiger partial charge in [0.05, 0.1) is 22.8 Å². The molecule has 18 heavy (non-hydrogen) atoms. The van der Waals surface area contributed by atoms with Gasteiger partial charge in [0.15, 0.2) is 9.84 Å². The van der Waals surface area contributed by atoms with Gasteiger partial charge in [-0.15, -0.1) is 0 Å². The van der Waals surface area contributed by atoms with Gasteiger partial charge in [-0.05, 0) is 19.4 Å². The van der Waals surface area contributed by atoms with Crippen molar-refractivity contribution in [3.63, 3.8) is 0 Å². The Bertz CT molecular complexity index is 629. The minimum absolute atomic E-state index is 0.0978. The van der Waals surface area contributed by atoms with E-state index in [-0.39, 0.29) is 23.0 Å². The monoisotopic (exact) mass is 269 g/mol. The summed E-state index contributed by atoms with van der Waals surface area (Å²) in [5, 5.41) is 3.26. The molecule has 2 aliphatic heterocycles. The van der Waals surface area contributed by atoms with Gasteiger partial charge in [-0.2, -0.15) is 0 Å². The first kappa shape index (κ1) is 11.9. The van der Waals surface area contributed by atoms with Crippen molar-refractivity contribution < 1.29 is 8.42 Å². The van der Waals surface area contributed by atoms with Crippen molar-refractivity contribution in [2.24, 2.45) is 0 Å². The van der Waals surface area contributed by atoms with Crippen LogP contribution in [0.3, 0.4) is 0 Å². The number of rotatable bonds is 1. The first-order valence-corrected chi connectivity index (χ1v) is 7.90. The van der Waals surface area contributed by atoms with Gasteiger partial charge in [0.25, 0.3) is 5.56 Å². The topological polar surface area (TPSA) is 91.9 Å². The lowest BCUT2D eigenvalue weighted by atomic mass is 9.98. The molecule has 2 N–H and O–H groups in total. The quantitative estimate of drug-likeness (QED) is 0.728. The highest BCUT2D eigenvalue weighted by Gasteiger charge is 2.30. The second-order valence-corrected chi connectivity index (χ2v) is 7.02. The van der Waals surface area contributed by atoms with E-state index in [2.05, 4.69) is 15.3 Å². The molecule has 2 aliphatic rings. The maximum Gasteiger partial charge on any atom is 0.255 e. The molecular formula is C11H15N3O3S. The molecule has 1 aromatic rings. The third kappa shape index (κ3) is 2.08. The highest BCUT2D eigenvalue weighted by Crippen LogP contribution is 2.24. The van der Waals surface area contributed by atoms with Gasteiger partial charge in [-0.25, -0.2) is 13.4 Å². The van der Waals surface area contributed by atoms with Crippen LogP contribution in [0, 0.1) is 0 Å². The van der Waals surface area contributed by atoms with Crippen molar-refractivity contribution in [1.82, 2.24) is 15.3 Å². The third-order valence-electron chi connectivity index (χ3n) is 3.52. The number of piperidine rings is 1. The second-order valence-electron chi connectivity index (χ2n) is 4.95. The third-order valence-corrected chi connectivity index (χ3v) is 4.97. The maximum atomic E-state index is 11.9. The summed E-state index contributed by atoms with van der Waals surface area (Å²) in [5.74, 6) is 0.538. The molecule has 1 fully saturated rings. The van der Waals surface area contributed by atoms with Crippen LogP contribution in [-0.2, 0) is 21.3 Å². The standard InChI is InChI=1S/C11H15N3O3S/c15-11-8-5-18(16,17)6-9(8)13-10(14-11)7-2-1-3-12-4-7/h7,12H,1-6H2,(H,13,14,15). The van der Waals surface area contributed by atoms with E-state index >= 15 is 0 Å². The first-order chi connectivity index (χ1) is 8.55. The predicted molar refractivity (Wildman–Crippen MR) is 66.0 cm³/mol. The van der Waals surface area contributed by atoms with Gasteiger partial charge < -0.3 is 10.3 Å². The Kier molecular flexibility index (Phi) is 2.74. The van der Waals surface area contributed by atoms with Gasteiger partial charge >= 0.3 is 0 Å². The summed E-state index contributed by atoms with van der Waals surface area (Å²) in [7, 11) is -3.17. The zero-order chi connectivity index (χ0) is 12.8. The number of H-pyrrole nitrogens is 1. The zero-order valence-electron chi connectivity index (χ0n) is 9.90. The number of hydrogen-bond donors (Lipinski definition) is 2. The second kappa shape index (κ2) is 4.17. The Morgan fingerprint density at radius 3 is 2.83 bits per heavy atom. The lowest BCUT2D eigenvalue weighted by Gasteiger charge is -2.22. The smallest absolute Gasteiger partial charge is 0.255 e. The van der Waals surface area contributed by atoms with E-state index in [1.165, 1.54) is 0 Å². The number of aromatic amines is 1. The van der Waals surface area contributed by atoms with Crippen LogP contribution in [0.1, 0.15) is 35.8 Å².